The van der Waals surface area contributed by atoms with E-state index in [-0.39, 0.29) is 20.1 Å². The van der Waals surface area contributed by atoms with E-state index in [1.165, 1.54) is 23.1 Å². The van der Waals surface area contributed by atoms with Gasteiger partial charge in [-0.2, -0.15) is 0 Å². The van der Waals surface area contributed by atoms with Gasteiger partial charge in [-0.3, -0.25) is 0 Å². The van der Waals surface area contributed by atoms with Gasteiger partial charge < -0.3 is 14.6 Å². The summed E-state index contributed by atoms with van der Waals surface area (Å²) in [7, 11) is 0. The molecule has 0 aliphatic rings. The van der Waals surface area contributed by atoms with E-state index in [2.05, 4.69) is 41.2 Å². The predicted molar refractivity (Wildman–Crippen MR) is 68.0 cm³/mol. The molecule has 0 amide bonds. The maximum Gasteiger partial charge on any atom is 0.180 e. The van der Waals surface area contributed by atoms with Crippen molar-refractivity contribution in [2.75, 3.05) is 0 Å². The summed E-state index contributed by atoms with van der Waals surface area (Å²) in [4.78, 5) is 4.14. The summed E-state index contributed by atoms with van der Waals surface area (Å²) >= 11 is 0. The Hall–Kier alpha value is -1.71. The molecule has 2 heterocycles. The normalized spacial score (nSPS) is 10.2. The second-order valence-corrected chi connectivity index (χ2v) is 4.25. The number of hydrogen-bond acceptors (Lipinski definition) is 3. The van der Waals surface area contributed by atoms with Crippen LogP contribution in [0.5, 0.6) is 0 Å². The summed E-state index contributed by atoms with van der Waals surface area (Å²) in [6, 6.07) is 6.22. The van der Waals surface area contributed by atoms with Crippen molar-refractivity contribution < 1.29 is 24.5 Å². The van der Waals surface area contributed by atoms with Crippen molar-refractivity contribution in [3.05, 3.63) is 48.2 Å². The first-order valence-electron chi connectivity index (χ1n) is 5.71. The summed E-state index contributed by atoms with van der Waals surface area (Å²) < 4.78 is 5.01. The Morgan fingerprint density at radius 2 is 1.89 bits per heavy atom. The van der Waals surface area contributed by atoms with Crippen LogP contribution < -0.4 is 5.10 Å². The van der Waals surface area contributed by atoms with Gasteiger partial charge in [-0.15, -0.1) is 0 Å². The number of aromatic nitrogens is 3. The summed E-state index contributed by atoms with van der Waals surface area (Å²) in [5.41, 5.74) is 6.05. The molecule has 0 N–H and O–H groups in total. The van der Waals surface area contributed by atoms with Gasteiger partial charge in [0.15, 0.2) is 6.39 Å². The van der Waals surface area contributed by atoms with Crippen molar-refractivity contribution in [3.8, 4) is 22.5 Å². The molecule has 0 spiro atoms. The molecular weight excluding hydrogens is 418 g/mol. The van der Waals surface area contributed by atoms with Crippen LogP contribution in [0.4, 0.5) is 0 Å². The summed E-state index contributed by atoms with van der Waals surface area (Å²) in [5.74, 6) is 0. The smallest absolute Gasteiger partial charge is 0.180 e. The van der Waals surface area contributed by atoms with E-state index in [0.29, 0.717) is 5.69 Å². The molecule has 0 saturated heterocycles. The van der Waals surface area contributed by atoms with Gasteiger partial charge in [-0.25, -0.2) is 4.98 Å². The third kappa shape index (κ3) is 2.39. The molecule has 99 valence electrons. The molecule has 0 saturated carbocycles. The van der Waals surface area contributed by atoms with Gasteiger partial charge in [0.2, 0.25) is 0 Å². The van der Waals surface area contributed by atoms with Crippen LogP contribution in [-0.2, 0) is 20.1 Å². The van der Waals surface area contributed by atoms with Crippen LogP contribution >= 0.6 is 0 Å². The third-order valence-corrected chi connectivity index (χ3v) is 3.03. The summed E-state index contributed by atoms with van der Waals surface area (Å²) in [6.45, 7) is 4.17. The second kappa shape index (κ2) is 5.51. The van der Waals surface area contributed by atoms with E-state index in [0.717, 1.165) is 11.3 Å². The molecule has 0 aliphatic heterocycles. The minimum absolute atomic E-state index is 0. The van der Waals surface area contributed by atoms with Crippen LogP contribution in [-0.4, -0.2) is 10.1 Å². The molecule has 2 aromatic heterocycles. The van der Waals surface area contributed by atoms with E-state index in [1.54, 1.807) is 12.5 Å². The average molecular weight is 430 g/mol. The van der Waals surface area contributed by atoms with Crippen molar-refractivity contribution in [2.24, 2.45) is 0 Å². The van der Waals surface area contributed by atoms with Crippen molar-refractivity contribution >= 4 is 0 Å². The SMILES string of the molecule is Cc1cccc(C)c1-c1cn[n-]c1-c1cocn1.[Ir]. The van der Waals surface area contributed by atoms with Gasteiger partial charge in [0, 0.05) is 26.3 Å². The predicted octanol–water partition coefficient (Wildman–Crippen LogP) is 2.98. The Kier molecular flexibility index (Phi) is 3.98. The standard InChI is InChI=1S/C14H12N3O.Ir/c1-9-4-3-5-10(2)13(9)11-6-16-17-14(11)12-7-18-8-15-12;/h3-8H,1-2H3;/q-1;. The molecule has 0 aliphatic carbocycles. The molecule has 3 aromatic rings. The van der Waals surface area contributed by atoms with Crippen LogP contribution in [0.1, 0.15) is 11.1 Å². The first-order chi connectivity index (χ1) is 8.77. The third-order valence-electron chi connectivity index (χ3n) is 3.03. The van der Waals surface area contributed by atoms with Crippen molar-refractivity contribution in [3.63, 3.8) is 0 Å². The van der Waals surface area contributed by atoms with Gasteiger partial charge in [-0.05, 0) is 36.1 Å². The van der Waals surface area contributed by atoms with Gasteiger partial charge in [-0.1, -0.05) is 23.9 Å². The van der Waals surface area contributed by atoms with E-state index in [9.17, 15) is 0 Å². The van der Waals surface area contributed by atoms with Crippen LogP contribution in [0, 0.1) is 13.8 Å². The molecule has 0 fully saturated rings. The Morgan fingerprint density at radius 1 is 1.16 bits per heavy atom. The van der Waals surface area contributed by atoms with E-state index < -0.39 is 0 Å². The quantitative estimate of drug-likeness (QED) is 0.627. The van der Waals surface area contributed by atoms with Gasteiger partial charge >= 0.3 is 0 Å². The zero-order chi connectivity index (χ0) is 12.5. The fraction of sp³-hybridized carbons (Fsp3) is 0.143. The number of aryl methyl sites for hydroxylation is 2. The zero-order valence-corrected chi connectivity index (χ0v) is 12.9. The molecule has 0 unspecified atom stereocenters. The second-order valence-electron chi connectivity index (χ2n) is 4.25. The summed E-state index contributed by atoms with van der Waals surface area (Å²) in [6.07, 6.45) is 4.76. The van der Waals surface area contributed by atoms with Crippen LogP contribution in [0.3, 0.4) is 0 Å². The Morgan fingerprint density at radius 3 is 2.53 bits per heavy atom. The van der Waals surface area contributed by atoms with E-state index in [1.807, 2.05) is 6.07 Å². The molecule has 4 nitrogen and oxygen atoms in total. The maximum atomic E-state index is 5.01. The average Bonchev–Trinajstić information content (AvgIpc) is 2.98. The molecular formula is C14H12IrN3O-. The Balaban J connectivity index is 0.00000133. The van der Waals surface area contributed by atoms with Gasteiger partial charge in [0.05, 0.1) is 5.69 Å². The molecule has 3 rings (SSSR count). The molecule has 1 aromatic carbocycles. The summed E-state index contributed by atoms with van der Waals surface area (Å²) in [5, 5.41) is 8.15. The van der Waals surface area contributed by atoms with Gasteiger partial charge in [0.1, 0.15) is 6.26 Å². The number of nitrogens with zero attached hydrogens (tertiary/aromatic N) is 3. The molecule has 19 heavy (non-hydrogen) atoms. The minimum atomic E-state index is 0. The fourth-order valence-electron chi connectivity index (χ4n) is 2.20. The van der Waals surface area contributed by atoms with Crippen LogP contribution in [0.15, 0.2) is 41.5 Å². The minimum Gasteiger partial charge on any atom is -0.573 e. The van der Waals surface area contributed by atoms with Crippen LogP contribution in [0.25, 0.3) is 22.5 Å². The number of hydrogen-bond donors (Lipinski definition) is 0. The first-order valence-corrected chi connectivity index (χ1v) is 5.71. The Bertz CT molecular complexity index is 654. The monoisotopic (exact) mass is 431 g/mol. The largest absolute Gasteiger partial charge is 0.573 e. The van der Waals surface area contributed by atoms with Gasteiger partial charge in [0.25, 0.3) is 0 Å². The maximum absolute atomic E-state index is 5.01. The number of benzene rings is 1. The van der Waals surface area contributed by atoms with E-state index >= 15 is 0 Å². The van der Waals surface area contributed by atoms with Crippen LogP contribution in [0.2, 0.25) is 0 Å². The first kappa shape index (κ1) is 13.7. The van der Waals surface area contributed by atoms with E-state index in [4.69, 9.17) is 4.42 Å². The van der Waals surface area contributed by atoms with Crippen molar-refractivity contribution in [2.45, 2.75) is 13.8 Å². The van der Waals surface area contributed by atoms with Crippen molar-refractivity contribution in [1.29, 1.82) is 0 Å². The Labute approximate surface area is 124 Å². The molecule has 0 bridgehead atoms. The molecule has 0 atom stereocenters. The topological polar surface area (TPSA) is 53.0 Å². The number of rotatable bonds is 2. The number of oxazole rings is 1. The van der Waals surface area contributed by atoms with Crippen molar-refractivity contribution in [1.82, 2.24) is 15.2 Å². The molecule has 5 heteroatoms. The molecule has 1 radical (unpaired) electrons. The zero-order valence-electron chi connectivity index (χ0n) is 10.5. The fourth-order valence-corrected chi connectivity index (χ4v) is 2.20.